The van der Waals surface area contributed by atoms with Crippen molar-refractivity contribution < 1.29 is 5.21 Å². The minimum absolute atomic E-state index is 0.740. The number of hydrogen-bond donors (Lipinski definition) is 1. The van der Waals surface area contributed by atoms with Crippen molar-refractivity contribution in [3.8, 4) is 0 Å². The van der Waals surface area contributed by atoms with Crippen LogP contribution in [-0.4, -0.2) is 15.2 Å². The first-order valence-corrected chi connectivity index (χ1v) is 2.48. The Kier molecular flexibility index (Phi) is 1.02. The van der Waals surface area contributed by atoms with Crippen LogP contribution in [0.2, 0.25) is 0 Å². The van der Waals surface area contributed by atoms with Gasteiger partial charge in [0.25, 0.3) is 0 Å². The monoisotopic (exact) mass is 162 g/mol. The molecule has 0 saturated heterocycles. The van der Waals surface area contributed by atoms with E-state index in [1.807, 2.05) is 0 Å². The molecule has 38 valence electrons. The molecule has 1 aromatic heterocycles. The first kappa shape index (κ1) is 4.64. The van der Waals surface area contributed by atoms with Crippen LogP contribution < -0.4 is 0 Å². The summed E-state index contributed by atoms with van der Waals surface area (Å²) in [6.07, 6.45) is 2.94. The average Bonchev–Trinajstić information content (AvgIpc) is 1.87. The zero-order valence-electron chi connectivity index (χ0n) is 3.37. The van der Waals surface area contributed by atoms with Crippen LogP contribution in [0.3, 0.4) is 0 Å². The van der Waals surface area contributed by atoms with E-state index in [2.05, 4.69) is 21.0 Å². The summed E-state index contributed by atoms with van der Waals surface area (Å²) in [5, 5.41) is 11.9. The van der Waals surface area contributed by atoms with Gasteiger partial charge in [-0.3, -0.25) is 0 Å². The van der Waals surface area contributed by atoms with Crippen molar-refractivity contribution in [2.75, 3.05) is 0 Å². The smallest absolute Gasteiger partial charge is 0.0806 e. The van der Waals surface area contributed by atoms with Crippen LogP contribution in [0.15, 0.2) is 16.9 Å². The first-order valence-electron chi connectivity index (χ1n) is 1.68. The van der Waals surface area contributed by atoms with Gasteiger partial charge in [-0.2, -0.15) is 0 Å². The Balaban J connectivity index is 3.04. The summed E-state index contributed by atoms with van der Waals surface area (Å²) >= 11 is 3.09. The molecule has 4 heteroatoms. The number of halogens is 1. The molecule has 0 radical (unpaired) electrons. The normalized spacial score (nSPS) is 9.29. The Morgan fingerprint density at radius 3 is 2.71 bits per heavy atom. The molecule has 0 aliphatic heterocycles. The molecule has 0 aliphatic carbocycles. The molecule has 0 bridgehead atoms. The maximum Gasteiger partial charge on any atom is 0.0806 e. The van der Waals surface area contributed by atoms with E-state index in [0.717, 1.165) is 9.32 Å². The predicted octanol–water partition coefficient (Wildman–Crippen LogP) is 0.883. The first-order chi connectivity index (χ1) is 3.29. The fraction of sp³-hybridized carbons (Fsp3) is 0. The van der Waals surface area contributed by atoms with Gasteiger partial charge in [0.1, 0.15) is 0 Å². The van der Waals surface area contributed by atoms with Crippen LogP contribution in [-0.2, 0) is 0 Å². The van der Waals surface area contributed by atoms with Crippen molar-refractivity contribution >= 4 is 15.9 Å². The van der Waals surface area contributed by atoms with E-state index >= 15 is 0 Å². The second-order valence-electron chi connectivity index (χ2n) is 1.08. The molecule has 0 unspecified atom stereocenters. The van der Waals surface area contributed by atoms with Crippen LogP contribution >= 0.6 is 15.9 Å². The molecule has 0 atom stereocenters. The van der Waals surface area contributed by atoms with E-state index in [1.54, 1.807) is 0 Å². The van der Waals surface area contributed by atoms with Gasteiger partial charge in [-0.15, -0.1) is 9.94 Å². The van der Waals surface area contributed by atoms with E-state index in [9.17, 15) is 0 Å². The van der Waals surface area contributed by atoms with Gasteiger partial charge in [0, 0.05) is 0 Å². The van der Waals surface area contributed by atoms with Gasteiger partial charge in [-0.05, 0) is 15.9 Å². The van der Waals surface area contributed by atoms with Gasteiger partial charge < -0.3 is 5.21 Å². The largest absolute Gasteiger partial charge is 0.412 e. The molecule has 1 N–H and O–H groups in total. The highest BCUT2D eigenvalue weighted by molar-refractivity contribution is 9.10. The summed E-state index contributed by atoms with van der Waals surface area (Å²) in [5.74, 6) is 0. The van der Waals surface area contributed by atoms with Crippen molar-refractivity contribution in [3.05, 3.63) is 16.9 Å². The molecule has 0 fully saturated rings. The molecule has 1 heterocycles. The lowest BCUT2D eigenvalue weighted by atomic mass is 10.8. The summed E-state index contributed by atoms with van der Waals surface area (Å²) in [5.41, 5.74) is 0. The number of hydrogen-bond acceptors (Lipinski definition) is 2. The molecule has 0 aromatic carbocycles. The van der Waals surface area contributed by atoms with Gasteiger partial charge in [0.2, 0.25) is 0 Å². The van der Waals surface area contributed by atoms with Crippen LogP contribution in [0.4, 0.5) is 0 Å². The predicted molar refractivity (Wildman–Crippen MR) is 27.1 cm³/mol. The SMILES string of the molecule is On1cc(Br)cn1. The number of aromatic nitrogens is 2. The molecule has 0 aliphatic rings. The summed E-state index contributed by atoms with van der Waals surface area (Å²) in [7, 11) is 0. The Bertz CT molecular complexity index is 145. The van der Waals surface area contributed by atoms with Crippen LogP contribution in [0.1, 0.15) is 0 Å². The summed E-state index contributed by atoms with van der Waals surface area (Å²) in [6.45, 7) is 0. The minimum atomic E-state index is 0.740. The van der Waals surface area contributed by atoms with Crippen molar-refractivity contribution in [2.45, 2.75) is 0 Å². The lowest BCUT2D eigenvalue weighted by Crippen LogP contribution is -1.86. The summed E-state index contributed by atoms with van der Waals surface area (Å²) in [6, 6.07) is 0. The third kappa shape index (κ3) is 0.928. The molecule has 0 spiro atoms. The fourth-order valence-corrected chi connectivity index (χ4v) is 0.566. The van der Waals surface area contributed by atoms with Crippen molar-refractivity contribution in [2.24, 2.45) is 0 Å². The van der Waals surface area contributed by atoms with Gasteiger partial charge in [0.15, 0.2) is 0 Å². The van der Waals surface area contributed by atoms with Crippen LogP contribution in [0.5, 0.6) is 0 Å². The van der Waals surface area contributed by atoms with Crippen LogP contribution in [0, 0.1) is 0 Å². The second kappa shape index (κ2) is 1.54. The topological polar surface area (TPSA) is 38.0 Å². The lowest BCUT2D eigenvalue weighted by molar-refractivity contribution is 0.148. The minimum Gasteiger partial charge on any atom is -0.412 e. The lowest BCUT2D eigenvalue weighted by Gasteiger charge is -1.77. The van der Waals surface area contributed by atoms with Gasteiger partial charge in [-0.1, -0.05) is 0 Å². The third-order valence-electron chi connectivity index (χ3n) is 0.538. The third-order valence-corrected chi connectivity index (χ3v) is 0.948. The molecular weight excluding hydrogens is 160 g/mol. The van der Waals surface area contributed by atoms with E-state index in [-0.39, 0.29) is 0 Å². The van der Waals surface area contributed by atoms with E-state index in [1.165, 1.54) is 12.4 Å². The second-order valence-corrected chi connectivity index (χ2v) is 1.99. The quantitative estimate of drug-likeness (QED) is 0.576. The Morgan fingerprint density at radius 2 is 2.57 bits per heavy atom. The van der Waals surface area contributed by atoms with E-state index in [4.69, 9.17) is 5.21 Å². The summed E-state index contributed by atoms with van der Waals surface area (Å²) in [4.78, 5) is 0.740. The van der Waals surface area contributed by atoms with E-state index < -0.39 is 0 Å². The average molecular weight is 163 g/mol. The van der Waals surface area contributed by atoms with E-state index in [0.29, 0.717) is 0 Å². The highest BCUT2D eigenvalue weighted by Crippen LogP contribution is 2.03. The highest BCUT2D eigenvalue weighted by Gasteiger charge is 1.86. The maximum absolute atomic E-state index is 8.43. The maximum atomic E-state index is 8.43. The van der Waals surface area contributed by atoms with Crippen molar-refractivity contribution in [3.63, 3.8) is 0 Å². The zero-order valence-corrected chi connectivity index (χ0v) is 4.96. The van der Waals surface area contributed by atoms with Crippen molar-refractivity contribution in [1.29, 1.82) is 0 Å². The molecule has 7 heavy (non-hydrogen) atoms. The number of nitrogens with zero attached hydrogens (tertiary/aromatic N) is 2. The highest BCUT2D eigenvalue weighted by atomic mass is 79.9. The Hall–Kier alpha value is -0.510. The summed E-state index contributed by atoms with van der Waals surface area (Å²) < 4.78 is 0.773. The Morgan fingerprint density at radius 1 is 1.86 bits per heavy atom. The van der Waals surface area contributed by atoms with Crippen LogP contribution in [0.25, 0.3) is 0 Å². The molecule has 3 nitrogen and oxygen atoms in total. The fourth-order valence-electron chi connectivity index (χ4n) is 0.291. The van der Waals surface area contributed by atoms with Gasteiger partial charge in [-0.25, -0.2) is 0 Å². The van der Waals surface area contributed by atoms with Gasteiger partial charge in [0.05, 0.1) is 16.9 Å². The zero-order chi connectivity index (χ0) is 5.28. The molecule has 1 aromatic rings. The Labute approximate surface area is 48.7 Å². The van der Waals surface area contributed by atoms with Crippen molar-refractivity contribution in [1.82, 2.24) is 9.94 Å². The van der Waals surface area contributed by atoms with Gasteiger partial charge >= 0.3 is 0 Å². The standard InChI is InChI=1S/C3H3BrN2O/c4-3-1-5-6(7)2-3/h1-2,7H. The number of rotatable bonds is 0. The molecule has 0 amide bonds. The molecular formula is C3H3BrN2O. The molecule has 0 saturated carbocycles. The molecule has 1 rings (SSSR count).